The zero-order valence-electron chi connectivity index (χ0n) is 10.5. The van der Waals surface area contributed by atoms with Crippen molar-refractivity contribution in [2.45, 2.75) is 26.8 Å². The molecule has 2 rings (SSSR count). The molecule has 0 aromatic carbocycles. The molecule has 18 heavy (non-hydrogen) atoms. The lowest BCUT2D eigenvalue weighted by molar-refractivity contribution is 0.0689. The van der Waals surface area contributed by atoms with Crippen LogP contribution in [0.2, 0.25) is 0 Å². The third-order valence-corrected chi connectivity index (χ3v) is 2.85. The molecule has 2 aromatic heterocycles. The predicted molar refractivity (Wildman–Crippen MR) is 61.2 cm³/mol. The molecule has 0 spiro atoms. The van der Waals surface area contributed by atoms with Gasteiger partial charge in [-0.3, -0.25) is 0 Å². The van der Waals surface area contributed by atoms with Crippen LogP contribution < -0.4 is 0 Å². The summed E-state index contributed by atoms with van der Waals surface area (Å²) in [5.41, 5.74) is 0.583. The number of rotatable bonds is 4. The molecule has 0 aliphatic heterocycles. The summed E-state index contributed by atoms with van der Waals surface area (Å²) in [6, 6.07) is 0. The Morgan fingerprint density at radius 3 is 2.56 bits per heavy atom. The number of carbonyl (C=O) groups is 1. The molecule has 0 saturated heterocycles. The number of nitrogens with zero attached hydrogens (tertiary/aromatic N) is 6. The molecule has 0 bridgehead atoms. The Hall–Kier alpha value is -2.25. The summed E-state index contributed by atoms with van der Waals surface area (Å²) in [5, 5.41) is 24.5. The first-order valence-electron chi connectivity index (χ1n) is 5.55. The minimum absolute atomic E-state index is 0.00334. The molecule has 8 nitrogen and oxygen atoms in total. The molecule has 8 heteroatoms. The van der Waals surface area contributed by atoms with Crippen LogP contribution in [0.4, 0.5) is 0 Å². The van der Waals surface area contributed by atoms with E-state index in [1.165, 1.54) is 0 Å². The third kappa shape index (κ3) is 1.96. The van der Waals surface area contributed by atoms with E-state index in [0.717, 1.165) is 5.82 Å². The molecule has 0 atom stereocenters. The van der Waals surface area contributed by atoms with Crippen LogP contribution in [0, 0.1) is 6.92 Å². The number of aromatic nitrogens is 6. The summed E-state index contributed by atoms with van der Waals surface area (Å²) in [6.07, 6.45) is 0.547. The van der Waals surface area contributed by atoms with Gasteiger partial charge in [0.25, 0.3) is 0 Å². The summed E-state index contributed by atoms with van der Waals surface area (Å²) in [6.45, 7) is 4.07. The lowest BCUT2D eigenvalue weighted by Gasteiger charge is -2.04. The number of hydrogen-bond acceptors (Lipinski definition) is 5. The van der Waals surface area contributed by atoms with E-state index in [1.54, 1.807) is 4.68 Å². The lowest BCUT2D eigenvalue weighted by Crippen LogP contribution is -2.12. The molecular weight excluding hydrogens is 236 g/mol. The molecule has 0 unspecified atom stereocenters. The van der Waals surface area contributed by atoms with Crippen molar-refractivity contribution in [3.8, 4) is 0 Å². The fourth-order valence-corrected chi connectivity index (χ4v) is 1.70. The molecule has 0 radical (unpaired) electrons. The van der Waals surface area contributed by atoms with Gasteiger partial charge in [0.05, 0.1) is 5.69 Å². The first-order valence-corrected chi connectivity index (χ1v) is 5.55. The van der Waals surface area contributed by atoms with Gasteiger partial charge in [0, 0.05) is 7.05 Å². The first kappa shape index (κ1) is 12.2. The molecule has 1 N–H and O–H groups in total. The quantitative estimate of drug-likeness (QED) is 0.821. The summed E-state index contributed by atoms with van der Waals surface area (Å²) in [5.74, 6) is 0.443. The minimum atomic E-state index is -1.06. The van der Waals surface area contributed by atoms with Crippen molar-refractivity contribution in [1.82, 2.24) is 29.8 Å². The van der Waals surface area contributed by atoms with Gasteiger partial charge in [-0.2, -0.15) is 0 Å². The lowest BCUT2D eigenvalue weighted by atomic mass is 10.2. The van der Waals surface area contributed by atoms with E-state index in [1.807, 2.05) is 25.5 Å². The van der Waals surface area contributed by atoms with Gasteiger partial charge in [0.1, 0.15) is 12.4 Å². The van der Waals surface area contributed by atoms with E-state index in [4.69, 9.17) is 5.11 Å². The standard InChI is InChI=1S/C10H14N6O2/c1-4-7-9(10(17)18)13-14-16(7)5-8-12-11-6(2)15(8)3/h4-5H2,1-3H3,(H,17,18). The van der Waals surface area contributed by atoms with Crippen molar-refractivity contribution in [1.29, 1.82) is 0 Å². The van der Waals surface area contributed by atoms with Crippen molar-refractivity contribution in [3.63, 3.8) is 0 Å². The first-order chi connectivity index (χ1) is 8.54. The normalized spacial score (nSPS) is 10.8. The van der Waals surface area contributed by atoms with Crippen molar-refractivity contribution in [2.24, 2.45) is 7.05 Å². The largest absolute Gasteiger partial charge is 0.476 e. The van der Waals surface area contributed by atoms with Gasteiger partial charge in [-0.15, -0.1) is 15.3 Å². The van der Waals surface area contributed by atoms with Gasteiger partial charge in [0.15, 0.2) is 11.5 Å². The number of carboxylic acids is 1. The second kappa shape index (κ2) is 4.55. The number of aromatic carboxylic acids is 1. The Morgan fingerprint density at radius 2 is 2.06 bits per heavy atom. The van der Waals surface area contributed by atoms with E-state index in [0.29, 0.717) is 24.5 Å². The van der Waals surface area contributed by atoms with Crippen LogP contribution in [0.3, 0.4) is 0 Å². The highest BCUT2D eigenvalue weighted by molar-refractivity contribution is 5.86. The van der Waals surface area contributed by atoms with Gasteiger partial charge in [-0.25, -0.2) is 9.48 Å². The molecule has 96 valence electrons. The topological polar surface area (TPSA) is 98.7 Å². The van der Waals surface area contributed by atoms with Gasteiger partial charge < -0.3 is 9.67 Å². The van der Waals surface area contributed by atoms with Gasteiger partial charge >= 0.3 is 5.97 Å². The van der Waals surface area contributed by atoms with E-state index in [9.17, 15) is 4.79 Å². The summed E-state index contributed by atoms with van der Waals surface area (Å²) in [7, 11) is 1.85. The molecule has 0 aliphatic rings. The second-order valence-electron chi connectivity index (χ2n) is 3.92. The maximum absolute atomic E-state index is 11.0. The molecule has 2 heterocycles. The number of aryl methyl sites for hydroxylation is 1. The summed E-state index contributed by atoms with van der Waals surface area (Å²) in [4.78, 5) is 11.0. The van der Waals surface area contributed by atoms with Crippen LogP contribution in [0.5, 0.6) is 0 Å². The average molecular weight is 250 g/mol. The van der Waals surface area contributed by atoms with Gasteiger partial charge in [-0.05, 0) is 13.3 Å². The SMILES string of the molecule is CCc1c(C(=O)O)nnn1Cc1nnc(C)n1C. The molecular formula is C10H14N6O2. The molecule has 2 aromatic rings. The second-order valence-corrected chi connectivity index (χ2v) is 3.92. The zero-order valence-corrected chi connectivity index (χ0v) is 10.5. The van der Waals surface area contributed by atoms with Crippen LogP contribution in [0.25, 0.3) is 0 Å². The smallest absolute Gasteiger partial charge is 0.358 e. The van der Waals surface area contributed by atoms with E-state index < -0.39 is 5.97 Å². The van der Waals surface area contributed by atoms with Crippen LogP contribution in [0.15, 0.2) is 0 Å². The zero-order chi connectivity index (χ0) is 13.3. The maximum atomic E-state index is 11.0. The summed E-state index contributed by atoms with van der Waals surface area (Å²) < 4.78 is 3.38. The van der Waals surface area contributed by atoms with Crippen molar-refractivity contribution in [2.75, 3.05) is 0 Å². The van der Waals surface area contributed by atoms with Gasteiger partial charge in [-0.1, -0.05) is 12.1 Å². The third-order valence-electron chi connectivity index (χ3n) is 2.85. The minimum Gasteiger partial charge on any atom is -0.476 e. The maximum Gasteiger partial charge on any atom is 0.358 e. The molecule has 0 fully saturated rings. The van der Waals surface area contributed by atoms with Crippen molar-refractivity contribution < 1.29 is 9.90 Å². The van der Waals surface area contributed by atoms with Crippen LogP contribution in [0.1, 0.15) is 34.8 Å². The highest BCUT2D eigenvalue weighted by Crippen LogP contribution is 2.09. The highest BCUT2D eigenvalue weighted by atomic mass is 16.4. The Bertz CT molecular complexity index is 585. The van der Waals surface area contributed by atoms with Crippen LogP contribution >= 0.6 is 0 Å². The van der Waals surface area contributed by atoms with E-state index in [-0.39, 0.29) is 5.69 Å². The van der Waals surface area contributed by atoms with Crippen molar-refractivity contribution in [3.05, 3.63) is 23.0 Å². The molecule has 0 aliphatic carbocycles. The van der Waals surface area contributed by atoms with Crippen LogP contribution in [-0.4, -0.2) is 40.8 Å². The van der Waals surface area contributed by atoms with Gasteiger partial charge in [0.2, 0.25) is 0 Å². The van der Waals surface area contributed by atoms with Crippen molar-refractivity contribution >= 4 is 5.97 Å². The number of carboxylic acid groups (broad SMARTS) is 1. The fourth-order valence-electron chi connectivity index (χ4n) is 1.70. The average Bonchev–Trinajstić information content (AvgIpc) is 2.87. The Morgan fingerprint density at radius 1 is 1.33 bits per heavy atom. The molecule has 0 saturated carbocycles. The Kier molecular flexibility index (Phi) is 3.09. The van der Waals surface area contributed by atoms with E-state index in [2.05, 4.69) is 20.5 Å². The Labute approximate surface area is 103 Å². The monoisotopic (exact) mass is 250 g/mol. The van der Waals surface area contributed by atoms with E-state index >= 15 is 0 Å². The van der Waals surface area contributed by atoms with Crippen LogP contribution in [-0.2, 0) is 20.0 Å². The highest BCUT2D eigenvalue weighted by Gasteiger charge is 2.18. The molecule has 0 amide bonds. The fraction of sp³-hybridized carbons (Fsp3) is 0.500. The number of hydrogen-bond donors (Lipinski definition) is 1. The Balaban J connectivity index is 2.35. The predicted octanol–water partition coefficient (Wildman–Crippen LogP) is 0.0239. The summed E-state index contributed by atoms with van der Waals surface area (Å²) >= 11 is 0.